The molecule has 0 radical (unpaired) electrons. The topological polar surface area (TPSA) is 17.1 Å². The van der Waals surface area contributed by atoms with E-state index in [1.807, 2.05) is 55.5 Å². The number of rotatable bonds is 2. The van der Waals surface area contributed by atoms with Gasteiger partial charge in [-0.1, -0.05) is 57.8 Å². The molecule has 0 N–H and O–H groups in total. The zero-order chi connectivity index (χ0) is 11.5. The van der Waals surface area contributed by atoms with Gasteiger partial charge >= 0.3 is 0 Å². The number of hydrogen-bond donors (Lipinski definition) is 0. The molecule has 2 heteroatoms. The Labute approximate surface area is 97.7 Å². The highest BCUT2D eigenvalue weighted by atomic mass is 31.0. The summed E-state index contributed by atoms with van der Waals surface area (Å²) in [5.41, 5.74) is 3.93. The highest BCUT2D eigenvalue weighted by Crippen LogP contribution is 2.27. The van der Waals surface area contributed by atoms with Crippen molar-refractivity contribution in [3.8, 4) is 11.1 Å². The van der Waals surface area contributed by atoms with Crippen LogP contribution in [0.4, 0.5) is 0 Å². The van der Waals surface area contributed by atoms with Crippen molar-refractivity contribution in [1.82, 2.24) is 0 Å². The number of aryl methyl sites for hydroxylation is 1. The van der Waals surface area contributed by atoms with Crippen molar-refractivity contribution in [2.75, 3.05) is 0 Å². The van der Waals surface area contributed by atoms with Crippen molar-refractivity contribution < 1.29 is 4.79 Å². The van der Waals surface area contributed by atoms with Crippen LogP contribution in [0.2, 0.25) is 0 Å². The van der Waals surface area contributed by atoms with Crippen molar-refractivity contribution in [3.63, 3.8) is 0 Å². The molecule has 1 unspecified atom stereocenters. The van der Waals surface area contributed by atoms with Crippen LogP contribution in [0.15, 0.2) is 48.5 Å². The fourth-order valence-electron chi connectivity index (χ4n) is 1.85. The predicted molar refractivity (Wildman–Crippen MR) is 70.7 cm³/mol. The number of carbonyl (C=O) groups is 1. The Morgan fingerprint density at radius 2 is 1.69 bits per heavy atom. The highest BCUT2D eigenvalue weighted by Gasteiger charge is 2.11. The van der Waals surface area contributed by atoms with Gasteiger partial charge in [0.25, 0.3) is 0 Å². The fourth-order valence-corrected chi connectivity index (χ4v) is 2.24. The lowest BCUT2D eigenvalue weighted by Gasteiger charge is -2.09. The van der Waals surface area contributed by atoms with E-state index in [0.29, 0.717) is 0 Å². The maximum absolute atomic E-state index is 11.6. The molecular formula is C14H13OP. The molecule has 0 aliphatic heterocycles. The van der Waals surface area contributed by atoms with Gasteiger partial charge in [0.05, 0.1) is 0 Å². The first-order valence-corrected chi connectivity index (χ1v) is 5.72. The fraction of sp³-hybridized carbons (Fsp3) is 0.0714. The summed E-state index contributed by atoms with van der Waals surface area (Å²) in [5.74, 6) is 0. The number of hydrogen-bond acceptors (Lipinski definition) is 1. The van der Waals surface area contributed by atoms with Gasteiger partial charge in [0.2, 0.25) is 0 Å². The van der Waals surface area contributed by atoms with Crippen LogP contribution < -0.4 is 0 Å². The van der Waals surface area contributed by atoms with Crippen molar-refractivity contribution >= 4 is 14.8 Å². The first-order valence-electron chi connectivity index (χ1n) is 5.15. The second-order valence-corrected chi connectivity index (χ2v) is 4.25. The first-order chi connectivity index (χ1) is 7.70. The minimum absolute atomic E-state index is 0.0388. The van der Waals surface area contributed by atoms with Crippen LogP contribution in [0, 0.1) is 6.92 Å². The van der Waals surface area contributed by atoms with Crippen molar-refractivity contribution in [1.29, 1.82) is 0 Å². The lowest BCUT2D eigenvalue weighted by molar-refractivity contribution is 0.108. The smallest absolute Gasteiger partial charge is 0.178 e. The predicted octanol–water partition coefficient (Wildman–Crippen LogP) is 3.68. The largest absolute Gasteiger partial charge is 0.290 e. The van der Waals surface area contributed by atoms with Crippen molar-refractivity contribution in [3.05, 3.63) is 59.7 Å². The van der Waals surface area contributed by atoms with E-state index in [-0.39, 0.29) is 5.52 Å². The van der Waals surface area contributed by atoms with Gasteiger partial charge in [-0.05, 0) is 23.6 Å². The van der Waals surface area contributed by atoms with Gasteiger partial charge in [-0.3, -0.25) is 4.79 Å². The van der Waals surface area contributed by atoms with Gasteiger partial charge in [-0.25, -0.2) is 0 Å². The molecule has 0 amide bonds. The molecule has 0 aliphatic rings. The normalized spacial score (nSPS) is 10.1. The van der Waals surface area contributed by atoms with Gasteiger partial charge in [-0.2, -0.15) is 0 Å². The van der Waals surface area contributed by atoms with E-state index in [9.17, 15) is 4.79 Å². The number of carbonyl (C=O) groups excluding carboxylic acids is 1. The minimum Gasteiger partial charge on any atom is -0.290 e. The molecule has 0 heterocycles. The third kappa shape index (κ3) is 2.05. The van der Waals surface area contributed by atoms with Crippen LogP contribution in [0.3, 0.4) is 0 Å². The molecule has 2 aromatic rings. The second kappa shape index (κ2) is 4.59. The maximum atomic E-state index is 11.6. The quantitative estimate of drug-likeness (QED) is 0.716. The Kier molecular flexibility index (Phi) is 3.17. The third-order valence-electron chi connectivity index (χ3n) is 2.60. The zero-order valence-electron chi connectivity index (χ0n) is 9.10. The average Bonchev–Trinajstić information content (AvgIpc) is 2.29. The first kappa shape index (κ1) is 11.0. The summed E-state index contributed by atoms with van der Waals surface area (Å²) in [6.07, 6.45) is 0. The van der Waals surface area contributed by atoms with E-state index in [4.69, 9.17) is 0 Å². The molecule has 1 atom stereocenters. The molecular weight excluding hydrogens is 215 g/mol. The Morgan fingerprint density at radius 1 is 1.00 bits per heavy atom. The molecule has 0 aliphatic carbocycles. The van der Waals surface area contributed by atoms with Crippen LogP contribution in [0.1, 0.15) is 15.9 Å². The Balaban J connectivity index is 2.66. The zero-order valence-corrected chi connectivity index (χ0v) is 10.3. The molecule has 16 heavy (non-hydrogen) atoms. The molecule has 0 saturated carbocycles. The van der Waals surface area contributed by atoms with Crippen LogP contribution >= 0.6 is 9.24 Å². The maximum Gasteiger partial charge on any atom is 0.178 e. The standard InChI is InChI=1S/C14H13OP/c1-10-6-5-9-12(13(10)14(15)16)11-7-3-2-4-8-11/h2-9H,16H2,1H3. The Morgan fingerprint density at radius 3 is 2.31 bits per heavy atom. The van der Waals surface area contributed by atoms with Crippen molar-refractivity contribution in [2.45, 2.75) is 6.92 Å². The van der Waals surface area contributed by atoms with Gasteiger partial charge in [0.1, 0.15) is 0 Å². The van der Waals surface area contributed by atoms with E-state index < -0.39 is 0 Å². The summed E-state index contributed by atoms with van der Waals surface area (Å²) in [6.45, 7) is 1.96. The summed E-state index contributed by atoms with van der Waals surface area (Å²) in [5, 5.41) is 0. The van der Waals surface area contributed by atoms with Gasteiger partial charge in [-0.15, -0.1) is 0 Å². The van der Waals surface area contributed by atoms with E-state index >= 15 is 0 Å². The summed E-state index contributed by atoms with van der Waals surface area (Å²) in [6, 6.07) is 15.9. The molecule has 2 rings (SSSR count). The number of benzene rings is 2. The summed E-state index contributed by atoms with van der Waals surface area (Å²) >= 11 is 0. The van der Waals surface area contributed by atoms with Crippen LogP contribution in [0.25, 0.3) is 11.1 Å². The van der Waals surface area contributed by atoms with Crippen LogP contribution in [-0.2, 0) is 0 Å². The molecule has 0 spiro atoms. The summed E-state index contributed by atoms with van der Waals surface area (Å²) < 4.78 is 0. The summed E-state index contributed by atoms with van der Waals surface area (Å²) in [4.78, 5) is 11.6. The van der Waals surface area contributed by atoms with Gasteiger partial charge in [0.15, 0.2) is 5.52 Å². The Hall–Kier alpha value is -1.46. The van der Waals surface area contributed by atoms with E-state index in [1.54, 1.807) is 0 Å². The van der Waals surface area contributed by atoms with Crippen molar-refractivity contribution in [2.24, 2.45) is 0 Å². The van der Waals surface area contributed by atoms with Gasteiger partial charge in [0, 0.05) is 5.56 Å². The molecule has 0 bridgehead atoms. The Bertz CT molecular complexity index is 518. The molecule has 0 saturated heterocycles. The lowest BCUT2D eigenvalue weighted by atomic mass is 9.97. The third-order valence-corrected chi connectivity index (χ3v) is 2.89. The second-order valence-electron chi connectivity index (χ2n) is 3.73. The lowest BCUT2D eigenvalue weighted by Crippen LogP contribution is -1.96. The van der Waals surface area contributed by atoms with Gasteiger partial charge < -0.3 is 0 Å². The molecule has 0 fully saturated rings. The minimum atomic E-state index is 0.0388. The molecule has 80 valence electrons. The van der Waals surface area contributed by atoms with E-state index in [2.05, 4.69) is 9.24 Å². The van der Waals surface area contributed by atoms with E-state index in [1.165, 1.54) is 0 Å². The van der Waals surface area contributed by atoms with Crippen LogP contribution in [-0.4, -0.2) is 5.52 Å². The molecule has 0 aromatic heterocycles. The SMILES string of the molecule is Cc1cccc(-c2ccccc2)c1C(=O)P. The molecule has 2 aromatic carbocycles. The van der Waals surface area contributed by atoms with E-state index in [0.717, 1.165) is 22.3 Å². The monoisotopic (exact) mass is 228 g/mol. The molecule has 1 nitrogen and oxygen atoms in total. The van der Waals surface area contributed by atoms with Crippen LogP contribution in [0.5, 0.6) is 0 Å². The highest BCUT2D eigenvalue weighted by molar-refractivity contribution is 7.41. The summed E-state index contributed by atoms with van der Waals surface area (Å²) in [7, 11) is 2.25. The average molecular weight is 228 g/mol.